The third kappa shape index (κ3) is 4.98. The van der Waals surface area contributed by atoms with E-state index in [2.05, 4.69) is 15.2 Å². The lowest BCUT2D eigenvalue weighted by molar-refractivity contribution is -0.118. The van der Waals surface area contributed by atoms with Crippen LogP contribution in [0.4, 0.5) is 11.5 Å². The van der Waals surface area contributed by atoms with Gasteiger partial charge in [-0.05, 0) is 24.3 Å². The van der Waals surface area contributed by atoms with E-state index in [0.29, 0.717) is 34.7 Å². The highest BCUT2D eigenvalue weighted by Gasteiger charge is 2.12. The van der Waals surface area contributed by atoms with E-state index in [1.807, 2.05) is 12.1 Å². The van der Waals surface area contributed by atoms with E-state index in [0.717, 1.165) is 18.9 Å². The second kappa shape index (κ2) is 8.38. The standard InChI is InChI=1S/C17H17Cl2N3O3/c18-12-1-3-14(19)15(9-12)25-11-17(23)21-13-2-4-16(20-10-13)22-5-7-24-8-6-22/h1-4,9-10H,5-8,11H2,(H,21,23). The number of halogens is 2. The summed E-state index contributed by atoms with van der Waals surface area (Å²) >= 11 is 11.9. The maximum Gasteiger partial charge on any atom is 0.262 e. The smallest absolute Gasteiger partial charge is 0.262 e. The number of benzene rings is 1. The predicted molar refractivity (Wildman–Crippen MR) is 97.9 cm³/mol. The second-order valence-electron chi connectivity index (χ2n) is 5.42. The predicted octanol–water partition coefficient (Wildman–Crippen LogP) is 3.24. The van der Waals surface area contributed by atoms with Gasteiger partial charge < -0.3 is 19.7 Å². The topological polar surface area (TPSA) is 63.7 Å². The van der Waals surface area contributed by atoms with Crippen molar-refractivity contribution in [2.45, 2.75) is 0 Å². The molecule has 0 bridgehead atoms. The molecular formula is C17H17Cl2N3O3. The molecule has 1 amide bonds. The number of aromatic nitrogens is 1. The normalized spacial score (nSPS) is 14.2. The highest BCUT2D eigenvalue weighted by molar-refractivity contribution is 6.34. The van der Waals surface area contributed by atoms with Crippen LogP contribution in [0.25, 0.3) is 0 Å². The Balaban J connectivity index is 1.53. The van der Waals surface area contributed by atoms with Crippen molar-refractivity contribution in [2.24, 2.45) is 0 Å². The summed E-state index contributed by atoms with van der Waals surface area (Å²) in [6.45, 7) is 2.85. The van der Waals surface area contributed by atoms with Crippen molar-refractivity contribution in [2.75, 3.05) is 43.1 Å². The minimum atomic E-state index is -0.308. The molecule has 6 nitrogen and oxygen atoms in total. The Morgan fingerprint density at radius 2 is 2.04 bits per heavy atom. The molecule has 132 valence electrons. The van der Waals surface area contributed by atoms with E-state index < -0.39 is 0 Å². The van der Waals surface area contributed by atoms with Gasteiger partial charge in [0, 0.05) is 24.2 Å². The molecule has 1 aromatic heterocycles. The van der Waals surface area contributed by atoms with Crippen LogP contribution in [0.1, 0.15) is 0 Å². The van der Waals surface area contributed by atoms with E-state index >= 15 is 0 Å². The van der Waals surface area contributed by atoms with E-state index in [-0.39, 0.29) is 12.5 Å². The van der Waals surface area contributed by atoms with Crippen molar-refractivity contribution < 1.29 is 14.3 Å². The lowest BCUT2D eigenvalue weighted by atomic mass is 10.3. The molecule has 0 atom stereocenters. The molecule has 1 aromatic carbocycles. The Morgan fingerprint density at radius 1 is 1.24 bits per heavy atom. The summed E-state index contributed by atoms with van der Waals surface area (Å²) in [4.78, 5) is 18.5. The van der Waals surface area contributed by atoms with Crippen LogP contribution in [0.3, 0.4) is 0 Å². The summed E-state index contributed by atoms with van der Waals surface area (Å²) < 4.78 is 10.7. The fourth-order valence-corrected chi connectivity index (χ4v) is 2.70. The summed E-state index contributed by atoms with van der Waals surface area (Å²) in [7, 11) is 0. The molecular weight excluding hydrogens is 365 g/mol. The number of rotatable bonds is 5. The van der Waals surface area contributed by atoms with E-state index in [4.69, 9.17) is 32.7 Å². The van der Waals surface area contributed by atoms with Crippen LogP contribution in [0.5, 0.6) is 5.75 Å². The first-order chi connectivity index (χ1) is 12.1. The van der Waals surface area contributed by atoms with Crippen LogP contribution in [-0.2, 0) is 9.53 Å². The minimum absolute atomic E-state index is 0.175. The molecule has 1 fully saturated rings. The van der Waals surface area contributed by atoms with Crippen LogP contribution < -0.4 is 15.0 Å². The van der Waals surface area contributed by atoms with Gasteiger partial charge in [0.25, 0.3) is 5.91 Å². The zero-order valence-corrected chi connectivity index (χ0v) is 14.9. The third-order valence-corrected chi connectivity index (χ3v) is 4.17. The Hall–Kier alpha value is -2.02. The first-order valence-corrected chi connectivity index (χ1v) is 8.54. The molecule has 2 aromatic rings. The van der Waals surface area contributed by atoms with Crippen molar-refractivity contribution in [1.29, 1.82) is 0 Å². The summed E-state index contributed by atoms with van der Waals surface area (Å²) in [6, 6.07) is 8.51. The van der Waals surface area contributed by atoms with Gasteiger partial charge in [0.05, 0.1) is 30.1 Å². The van der Waals surface area contributed by atoms with Crippen LogP contribution in [0.2, 0.25) is 10.0 Å². The van der Waals surface area contributed by atoms with Crippen LogP contribution in [0.15, 0.2) is 36.5 Å². The molecule has 0 radical (unpaired) electrons. The molecule has 0 saturated carbocycles. The number of carbonyl (C=O) groups is 1. The summed E-state index contributed by atoms with van der Waals surface area (Å²) in [5, 5.41) is 3.62. The maximum absolute atomic E-state index is 12.0. The maximum atomic E-state index is 12.0. The second-order valence-corrected chi connectivity index (χ2v) is 6.26. The summed E-state index contributed by atoms with van der Waals surface area (Å²) in [5.41, 5.74) is 0.600. The van der Waals surface area contributed by atoms with Gasteiger partial charge in [-0.2, -0.15) is 0 Å². The third-order valence-electron chi connectivity index (χ3n) is 3.62. The number of nitrogens with one attached hydrogen (secondary N) is 1. The number of nitrogens with zero attached hydrogens (tertiary/aromatic N) is 2. The Kier molecular flexibility index (Phi) is 5.96. The van der Waals surface area contributed by atoms with Gasteiger partial charge in [-0.25, -0.2) is 4.98 Å². The fourth-order valence-electron chi connectivity index (χ4n) is 2.37. The first-order valence-electron chi connectivity index (χ1n) is 7.78. The molecule has 25 heavy (non-hydrogen) atoms. The molecule has 2 heterocycles. The van der Waals surface area contributed by atoms with Crippen LogP contribution >= 0.6 is 23.2 Å². The molecule has 0 spiro atoms. The van der Waals surface area contributed by atoms with Gasteiger partial charge >= 0.3 is 0 Å². The number of ether oxygens (including phenoxy) is 2. The zero-order chi connectivity index (χ0) is 17.6. The Morgan fingerprint density at radius 3 is 2.76 bits per heavy atom. The summed E-state index contributed by atoms with van der Waals surface area (Å²) in [5.74, 6) is 0.922. The lowest BCUT2D eigenvalue weighted by Crippen LogP contribution is -2.36. The quantitative estimate of drug-likeness (QED) is 0.860. The van der Waals surface area contributed by atoms with Crippen LogP contribution in [-0.4, -0.2) is 43.8 Å². The average molecular weight is 382 g/mol. The number of pyridine rings is 1. The van der Waals surface area contributed by atoms with E-state index in [1.54, 1.807) is 24.4 Å². The minimum Gasteiger partial charge on any atom is -0.482 e. The van der Waals surface area contributed by atoms with E-state index in [1.165, 1.54) is 0 Å². The Bertz CT molecular complexity index is 734. The van der Waals surface area contributed by atoms with Gasteiger partial charge in [0.2, 0.25) is 0 Å². The Labute approximate surface area is 155 Å². The SMILES string of the molecule is O=C(COc1cc(Cl)ccc1Cl)Nc1ccc(N2CCOCC2)nc1. The molecule has 1 N–H and O–H groups in total. The number of carbonyl (C=O) groups excluding carboxylic acids is 1. The zero-order valence-electron chi connectivity index (χ0n) is 13.4. The van der Waals surface area contributed by atoms with E-state index in [9.17, 15) is 4.79 Å². The van der Waals surface area contributed by atoms with Gasteiger partial charge in [-0.15, -0.1) is 0 Å². The lowest BCUT2D eigenvalue weighted by Gasteiger charge is -2.27. The van der Waals surface area contributed by atoms with Crippen molar-refractivity contribution in [3.05, 3.63) is 46.6 Å². The van der Waals surface area contributed by atoms with Crippen LogP contribution in [0, 0.1) is 0 Å². The number of amides is 1. The number of morpholine rings is 1. The first kappa shape index (κ1) is 17.8. The number of hydrogen-bond donors (Lipinski definition) is 1. The van der Waals surface area contributed by atoms with Crippen molar-refractivity contribution in [1.82, 2.24) is 4.98 Å². The highest BCUT2D eigenvalue weighted by atomic mass is 35.5. The molecule has 8 heteroatoms. The monoisotopic (exact) mass is 381 g/mol. The van der Waals surface area contributed by atoms with Gasteiger partial charge in [-0.3, -0.25) is 4.79 Å². The largest absolute Gasteiger partial charge is 0.482 e. The molecule has 0 aliphatic carbocycles. The molecule has 1 aliphatic rings. The number of hydrogen-bond acceptors (Lipinski definition) is 5. The molecule has 0 unspecified atom stereocenters. The average Bonchev–Trinajstić information content (AvgIpc) is 2.64. The van der Waals surface area contributed by atoms with Crippen molar-refractivity contribution in [3.63, 3.8) is 0 Å². The highest BCUT2D eigenvalue weighted by Crippen LogP contribution is 2.27. The molecule has 1 saturated heterocycles. The van der Waals surface area contributed by atoms with Gasteiger partial charge in [-0.1, -0.05) is 23.2 Å². The van der Waals surface area contributed by atoms with Crippen molar-refractivity contribution in [3.8, 4) is 5.75 Å². The number of anilines is 2. The van der Waals surface area contributed by atoms with Gasteiger partial charge in [0.15, 0.2) is 6.61 Å². The van der Waals surface area contributed by atoms with Gasteiger partial charge in [0.1, 0.15) is 11.6 Å². The molecule has 1 aliphatic heterocycles. The summed E-state index contributed by atoms with van der Waals surface area (Å²) in [6.07, 6.45) is 1.62. The fraction of sp³-hybridized carbons (Fsp3) is 0.294. The van der Waals surface area contributed by atoms with Crippen molar-refractivity contribution >= 4 is 40.6 Å². The molecule has 3 rings (SSSR count).